The number of rotatable bonds is 0. The predicted octanol–water partition coefficient (Wildman–Crippen LogP) is 2.07. The number of hydrogen-bond acceptors (Lipinski definition) is 2. The van der Waals surface area contributed by atoms with Crippen molar-refractivity contribution in [1.29, 1.82) is 0 Å². The van der Waals surface area contributed by atoms with Crippen LogP contribution in [0, 0.1) is 3.57 Å². The summed E-state index contributed by atoms with van der Waals surface area (Å²) in [6.07, 6.45) is 0.924. The number of nitrogens with two attached hydrogens (primary N) is 1. The normalized spacial score (nSPS) is 21.3. The predicted molar refractivity (Wildman–Crippen MR) is 56.2 cm³/mol. The van der Waals surface area contributed by atoms with Gasteiger partial charge in [0.25, 0.3) is 0 Å². The average Bonchev–Trinajstić information content (AvgIpc) is 2.07. The molecule has 1 aliphatic heterocycles. The van der Waals surface area contributed by atoms with Gasteiger partial charge in [0.15, 0.2) is 0 Å². The number of halogens is 1. The van der Waals surface area contributed by atoms with Crippen LogP contribution in [0.15, 0.2) is 18.2 Å². The zero-order valence-electron chi connectivity index (χ0n) is 6.59. The number of hydrogen-bond donors (Lipinski definition) is 1. The van der Waals surface area contributed by atoms with Gasteiger partial charge in [0.1, 0.15) is 5.75 Å². The molecule has 12 heavy (non-hydrogen) atoms. The van der Waals surface area contributed by atoms with Gasteiger partial charge in [-0.2, -0.15) is 0 Å². The summed E-state index contributed by atoms with van der Waals surface area (Å²) < 4.78 is 6.68. The zero-order chi connectivity index (χ0) is 8.55. The Bertz CT molecular complexity index is 301. The second-order valence-corrected chi connectivity index (χ2v) is 4.17. The first-order valence-electron chi connectivity index (χ1n) is 3.95. The van der Waals surface area contributed by atoms with Crippen LogP contribution in [0.4, 0.5) is 0 Å². The summed E-state index contributed by atoms with van der Waals surface area (Å²) >= 11 is 2.28. The lowest BCUT2D eigenvalue weighted by molar-refractivity contribution is 0.269. The molecule has 1 aliphatic rings. The van der Waals surface area contributed by atoms with E-state index in [1.807, 2.05) is 12.1 Å². The largest absolute Gasteiger partial charge is 0.493 e. The third kappa shape index (κ3) is 1.43. The maximum atomic E-state index is 5.93. The van der Waals surface area contributed by atoms with Crippen molar-refractivity contribution in [3.8, 4) is 5.75 Å². The van der Waals surface area contributed by atoms with Crippen LogP contribution in [0.1, 0.15) is 18.0 Å². The summed E-state index contributed by atoms with van der Waals surface area (Å²) in [7, 11) is 0. The standard InChI is InChI=1S/C9H10INO/c10-6-1-2-9-7(5-6)8(11)3-4-12-9/h1-2,5,8H,3-4,11H2/t8-/m0/s1. The smallest absolute Gasteiger partial charge is 0.124 e. The first-order valence-corrected chi connectivity index (χ1v) is 5.03. The van der Waals surface area contributed by atoms with Crippen LogP contribution in [0.2, 0.25) is 0 Å². The van der Waals surface area contributed by atoms with Crippen LogP contribution in [-0.2, 0) is 0 Å². The van der Waals surface area contributed by atoms with E-state index in [-0.39, 0.29) is 6.04 Å². The highest BCUT2D eigenvalue weighted by molar-refractivity contribution is 14.1. The van der Waals surface area contributed by atoms with Gasteiger partial charge in [-0.1, -0.05) is 0 Å². The van der Waals surface area contributed by atoms with E-state index in [1.165, 1.54) is 3.57 Å². The minimum absolute atomic E-state index is 0.156. The Kier molecular flexibility index (Phi) is 2.23. The van der Waals surface area contributed by atoms with Crippen molar-refractivity contribution in [3.63, 3.8) is 0 Å². The van der Waals surface area contributed by atoms with E-state index < -0.39 is 0 Å². The van der Waals surface area contributed by atoms with Crippen LogP contribution < -0.4 is 10.5 Å². The van der Waals surface area contributed by atoms with E-state index in [1.54, 1.807) is 0 Å². The summed E-state index contributed by atoms with van der Waals surface area (Å²) in [5.41, 5.74) is 7.08. The highest BCUT2D eigenvalue weighted by atomic mass is 127. The molecule has 0 saturated heterocycles. The SMILES string of the molecule is N[C@H]1CCOc2ccc(I)cc21. The van der Waals surface area contributed by atoms with Crippen molar-refractivity contribution >= 4 is 22.6 Å². The first-order chi connectivity index (χ1) is 5.77. The minimum atomic E-state index is 0.156. The Balaban J connectivity index is 2.47. The van der Waals surface area contributed by atoms with Gasteiger partial charge in [0.05, 0.1) is 6.61 Å². The Labute approximate surface area is 85.2 Å². The monoisotopic (exact) mass is 275 g/mol. The van der Waals surface area contributed by atoms with Crippen LogP contribution in [0.3, 0.4) is 0 Å². The van der Waals surface area contributed by atoms with Gasteiger partial charge in [-0.3, -0.25) is 0 Å². The Morgan fingerprint density at radius 2 is 2.33 bits per heavy atom. The van der Waals surface area contributed by atoms with Crippen LogP contribution in [0.25, 0.3) is 0 Å². The van der Waals surface area contributed by atoms with Crippen molar-refractivity contribution in [2.75, 3.05) is 6.61 Å². The van der Waals surface area contributed by atoms with Gasteiger partial charge in [-0.05, 0) is 40.8 Å². The average molecular weight is 275 g/mol. The quantitative estimate of drug-likeness (QED) is 0.736. The molecule has 2 rings (SSSR count). The molecule has 0 bridgehead atoms. The van der Waals surface area contributed by atoms with Gasteiger partial charge in [-0.15, -0.1) is 0 Å². The molecule has 1 atom stereocenters. The maximum Gasteiger partial charge on any atom is 0.124 e. The van der Waals surface area contributed by atoms with Gasteiger partial charge in [0, 0.05) is 21.6 Å². The fraction of sp³-hybridized carbons (Fsp3) is 0.333. The molecule has 0 spiro atoms. The zero-order valence-corrected chi connectivity index (χ0v) is 8.74. The molecule has 3 heteroatoms. The molecule has 0 aromatic heterocycles. The molecule has 0 unspecified atom stereocenters. The Morgan fingerprint density at radius 3 is 3.17 bits per heavy atom. The van der Waals surface area contributed by atoms with Gasteiger partial charge >= 0.3 is 0 Å². The Morgan fingerprint density at radius 1 is 1.50 bits per heavy atom. The molecule has 0 saturated carbocycles. The number of ether oxygens (including phenoxy) is 1. The van der Waals surface area contributed by atoms with E-state index in [4.69, 9.17) is 10.5 Å². The fourth-order valence-electron chi connectivity index (χ4n) is 1.39. The summed E-state index contributed by atoms with van der Waals surface area (Å²) in [4.78, 5) is 0. The number of fused-ring (bicyclic) bond motifs is 1. The molecular formula is C9H10INO. The van der Waals surface area contributed by atoms with Crippen LogP contribution >= 0.6 is 22.6 Å². The summed E-state index contributed by atoms with van der Waals surface area (Å²) in [5.74, 6) is 0.953. The van der Waals surface area contributed by atoms with Crippen molar-refractivity contribution < 1.29 is 4.74 Å². The molecule has 1 heterocycles. The van der Waals surface area contributed by atoms with Gasteiger partial charge < -0.3 is 10.5 Å². The third-order valence-electron chi connectivity index (χ3n) is 2.06. The van der Waals surface area contributed by atoms with Gasteiger partial charge in [-0.25, -0.2) is 0 Å². The lowest BCUT2D eigenvalue weighted by atomic mass is 10.0. The van der Waals surface area contributed by atoms with Crippen molar-refractivity contribution in [3.05, 3.63) is 27.3 Å². The van der Waals surface area contributed by atoms with E-state index in [0.717, 1.165) is 24.3 Å². The summed E-state index contributed by atoms with van der Waals surface area (Å²) in [5, 5.41) is 0. The van der Waals surface area contributed by atoms with Crippen molar-refractivity contribution in [1.82, 2.24) is 0 Å². The van der Waals surface area contributed by atoms with E-state index in [0.29, 0.717) is 0 Å². The molecule has 0 aliphatic carbocycles. The molecule has 0 fully saturated rings. The molecule has 1 aromatic rings. The van der Waals surface area contributed by atoms with Gasteiger partial charge in [0.2, 0.25) is 0 Å². The fourth-order valence-corrected chi connectivity index (χ4v) is 1.91. The van der Waals surface area contributed by atoms with E-state index in [9.17, 15) is 0 Å². The van der Waals surface area contributed by atoms with E-state index in [2.05, 4.69) is 28.7 Å². The second-order valence-electron chi connectivity index (χ2n) is 2.93. The molecule has 2 N–H and O–H groups in total. The summed E-state index contributed by atoms with van der Waals surface area (Å²) in [6, 6.07) is 6.29. The topological polar surface area (TPSA) is 35.2 Å². The minimum Gasteiger partial charge on any atom is -0.493 e. The molecule has 1 aromatic carbocycles. The van der Waals surface area contributed by atoms with E-state index >= 15 is 0 Å². The highest BCUT2D eigenvalue weighted by Crippen LogP contribution is 2.31. The lowest BCUT2D eigenvalue weighted by Gasteiger charge is -2.22. The van der Waals surface area contributed by atoms with Crippen LogP contribution in [0.5, 0.6) is 5.75 Å². The highest BCUT2D eigenvalue weighted by Gasteiger charge is 2.17. The molecule has 2 nitrogen and oxygen atoms in total. The van der Waals surface area contributed by atoms with Crippen molar-refractivity contribution in [2.45, 2.75) is 12.5 Å². The lowest BCUT2D eigenvalue weighted by Crippen LogP contribution is -2.20. The van der Waals surface area contributed by atoms with Crippen LogP contribution in [-0.4, -0.2) is 6.61 Å². The molecule has 0 amide bonds. The third-order valence-corrected chi connectivity index (χ3v) is 2.73. The molecule has 0 radical (unpaired) electrons. The van der Waals surface area contributed by atoms with Crippen molar-refractivity contribution in [2.24, 2.45) is 5.73 Å². The maximum absolute atomic E-state index is 5.93. The molecule has 64 valence electrons. The number of benzene rings is 1. The first kappa shape index (κ1) is 8.31. The molecular weight excluding hydrogens is 265 g/mol. The summed E-state index contributed by atoms with van der Waals surface area (Å²) in [6.45, 7) is 0.745. The second kappa shape index (κ2) is 3.22. The Hall–Kier alpha value is -0.290.